The summed E-state index contributed by atoms with van der Waals surface area (Å²) < 4.78 is 0. The molecule has 1 atom stereocenters. The molecule has 0 unspecified atom stereocenters. The van der Waals surface area contributed by atoms with Crippen LogP contribution >= 0.6 is 0 Å². The van der Waals surface area contributed by atoms with Crippen molar-refractivity contribution in [2.75, 3.05) is 13.1 Å². The van der Waals surface area contributed by atoms with Crippen LogP contribution in [0.4, 0.5) is 0 Å². The van der Waals surface area contributed by atoms with Crippen LogP contribution in [0.1, 0.15) is 0 Å². The Morgan fingerprint density at radius 3 is 2.86 bits per heavy atom. The highest BCUT2D eigenvalue weighted by Gasteiger charge is 1.99. The van der Waals surface area contributed by atoms with Crippen molar-refractivity contribution in [3.05, 3.63) is 12.2 Å². The van der Waals surface area contributed by atoms with Crippen LogP contribution in [0.3, 0.4) is 0 Å². The lowest BCUT2D eigenvalue weighted by Crippen LogP contribution is -2.29. The van der Waals surface area contributed by atoms with Crippen LogP contribution in [-0.2, 0) is 0 Å². The summed E-state index contributed by atoms with van der Waals surface area (Å²) in [6, 6.07) is 0. The number of nitrogens with one attached hydrogen (secondary N) is 1. The van der Waals surface area contributed by atoms with E-state index in [-0.39, 0.29) is 6.10 Å². The fourth-order valence-corrected chi connectivity index (χ4v) is 0.608. The van der Waals surface area contributed by atoms with E-state index in [1.165, 1.54) is 0 Å². The van der Waals surface area contributed by atoms with Crippen LogP contribution in [0.2, 0.25) is 0 Å². The van der Waals surface area contributed by atoms with Gasteiger partial charge in [-0.2, -0.15) is 0 Å². The molecule has 1 aliphatic heterocycles. The van der Waals surface area contributed by atoms with Gasteiger partial charge in [0.05, 0.1) is 6.10 Å². The first-order valence-electron chi connectivity index (χ1n) is 2.45. The van der Waals surface area contributed by atoms with E-state index in [0.717, 1.165) is 6.54 Å². The molecule has 0 aromatic heterocycles. The van der Waals surface area contributed by atoms with E-state index in [1.807, 2.05) is 6.08 Å². The van der Waals surface area contributed by atoms with Crippen LogP contribution in [-0.4, -0.2) is 24.3 Å². The molecule has 0 amide bonds. The minimum atomic E-state index is -0.256. The highest BCUT2D eigenvalue weighted by atomic mass is 16.3. The number of aliphatic hydroxyl groups is 1. The monoisotopic (exact) mass is 99.1 g/mol. The fraction of sp³-hybridized carbons (Fsp3) is 0.600. The van der Waals surface area contributed by atoms with E-state index >= 15 is 0 Å². The largest absolute Gasteiger partial charge is 0.388 e. The summed E-state index contributed by atoms with van der Waals surface area (Å²) in [6.07, 6.45) is 3.47. The van der Waals surface area contributed by atoms with Gasteiger partial charge in [0.25, 0.3) is 0 Å². The SMILES string of the molecule is O[C@H]1C=CCNC1. The number of hydrogen-bond donors (Lipinski definition) is 2. The van der Waals surface area contributed by atoms with Crippen LogP contribution < -0.4 is 5.32 Å². The van der Waals surface area contributed by atoms with Crippen LogP contribution in [0.25, 0.3) is 0 Å². The van der Waals surface area contributed by atoms with E-state index in [1.54, 1.807) is 6.08 Å². The van der Waals surface area contributed by atoms with Gasteiger partial charge in [0.15, 0.2) is 0 Å². The Bertz CT molecular complexity index is 80.1. The van der Waals surface area contributed by atoms with Crippen LogP contribution in [0.15, 0.2) is 12.2 Å². The third-order valence-corrected chi connectivity index (χ3v) is 0.974. The summed E-state index contributed by atoms with van der Waals surface area (Å²) in [4.78, 5) is 0. The highest BCUT2D eigenvalue weighted by molar-refractivity contribution is 4.95. The molecule has 0 spiro atoms. The van der Waals surface area contributed by atoms with Gasteiger partial charge in [0.2, 0.25) is 0 Å². The van der Waals surface area contributed by atoms with Gasteiger partial charge in [0.1, 0.15) is 0 Å². The Kier molecular flexibility index (Phi) is 1.44. The van der Waals surface area contributed by atoms with Gasteiger partial charge in [-0.25, -0.2) is 0 Å². The lowest BCUT2D eigenvalue weighted by atomic mass is 10.2. The van der Waals surface area contributed by atoms with Crippen molar-refractivity contribution in [1.82, 2.24) is 5.32 Å². The first-order valence-corrected chi connectivity index (χ1v) is 2.45. The maximum absolute atomic E-state index is 8.76. The van der Waals surface area contributed by atoms with E-state index in [9.17, 15) is 0 Å². The average molecular weight is 99.1 g/mol. The van der Waals surface area contributed by atoms with Crippen molar-refractivity contribution >= 4 is 0 Å². The summed E-state index contributed by atoms with van der Waals surface area (Å²) in [5.41, 5.74) is 0. The molecule has 2 heteroatoms. The van der Waals surface area contributed by atoms with E-state index in [0.29, 0.717) is 6.54 Å². The average Bonchev–Trinajstić information content (AvgIpc) is 1.69. The third kappa shape index (κ3) is 1.29. The molecule has 0 saturated carbocycles. The molecular formula is C5H9NO. The smallest absolute Gasteiger partial charge is 0.0845 e. The molecule has 1 aliphatic rings. The van der Waals surface area contributed by atoms with Crippen molar-refractivity contribution in [3.8, 4) is 0 Å². The second-order valence-electron chi connectivity index (χ2n) is 1.65. The molecular weight excluding hydrogens is 90.1 g/mol. The predicted octanol–water partition coefficient (Wildman–Crippen LogP) is -0.493. The summed E-state index contributed by atoms with van der Waals surface area (Å²) in [5.74, 6) is 0. The molecule has 1 heterocycles. The van der Waals surface area contributed by atoms with Gasteiger partial charge in [-0.3, -0.25) is 0 Å². The lowest BCUT2D eigenvalue weighted by molar-refractivity contribution is 0.215. The maximum atomic E-state index is 8.76. The Balaban J connectivity index is 2.36. The maximum Gasteiger partial charge on any atom is 0.0845 e. The number of rotatable bonds is 0. The van der Waals surface area contributed by atoms with Gasteiger partial charge < -0.3 is 10.4 Å². The molecule has 0 aromatic rings. The van der Waals surface area contributed by atoms with E-state index in [2.05, 4.69) is 5.32 Å². The van der Waals surface area contributed by atoms with Gasteiger partial charge in [0, 0.05) is 13.1 Å². The molecule has 0 saturated heterocycles. The zero-order valence-electron chi connectivity index (χ0n) is 4.09. The van der Waals surface area contributed by atoms with Crippen molar-refractivity contribution in [1.29, 1.82) is 0 Å². The summed E-state index contributed by atoms with van der Waals surface area (Å²) in [7, 11) is 0. The summed E-state index contributed by atoms with van der Waals surface area (Å²) >= 11 is 0. The Labute approximate surface area is 42.8 Å². The van der Waals surface area contributed by atoms with Crippen molar-refractivity contribution in [2.24, 2.45) is 0 Å². The lowest BCUT2D eigenvalue weighted by Gasteiger charge is -2.09. The van der Waals surface area contributed by atoms with Crippen molar-refractivity contribution < 1.29 is 5.11 Å². The molecule has 0 aromatic carbocycles. The quantitative estimate of drug-likeness (QED) is 0.401. The first-order chi connectivity index (χ1) is 3.39. The molecule has 0 aliphatic carbocycles. The minimum absolute atomic E-state index is 0.256. The normalized spacial score (nSPS) is 30.7. The number of aliphatic hydroxyl groups excluding tert-OH is 1. The first kappa shape index (κ1) is 4.81. The second-order valence-corrected chi connectivity index (χ2v) is 1.65. The highest BCUT2D eigenvalue weighted by Crippen LogP contribution is 1.87. The fourth-order valence-electron chi connectivity index (χ4n) is 0.608. The second kappa shape index (κ2) is 2.09. The number of hydrogen-bond acceptors (Lipinski definition) is 2. The molecule has 0 bridgehead atoms. The minimum Gasteiger partial charge on any atom is -0.388 e. The molecule has 0 fully saturated rings. The van der Waals surface area contributed by atoms with Gasteiger partial charge >= 0.3 is 0 Å². The topological polar surface area (TPSA) is 32.3 Å². The zero-order valence-corrected chi connectivity index (χ0v) is 4.09. The Hall–Kier alpha value is -0.340. The van der Waals surface area contributed by atoms with Gasteiger partial charge in [-0.15, -0.1) is 0 Å². The molecule has 0 radical (unpaired) electrons. The Morgan fingerprint density at radius 1 is 1.71 bits per heavy atom. The predicted molar refractivity (Wildman–Crippen MR) is 28.0 cm³/mol. The van der Waals surface area contributed by atoms with Gasteiger partial charge in [-0.1, -0.05) is 12.2 Å². The molecule has 40 valence electrons. The van der Waals surface area contributed by atoms with Crippen LogP contribution in [0, 0.1) is 0 Å². The van der Waals surface area contributed by atoms with Gasteiger partial charge in [-0.05, 0) is 0 Å². The molecule has 7 heavy (non-hydrogen) atoms. The molecule has 2 nitrogen and oxygen atoms in total. The number of β-amino-alcohol motifs (C(OH)–C–C–N with tert-alkyl or cyclic N) is 1. The summed E-state index contributed by atoms with van der Waals surface area (Å²) in [6.45, 7) is 1.60. The van der Waals surface area contributed by atoms with E-state index < -0.39 is 0 Å². The standard InChI is InChI=1S/C5H9NO/c7-5-2-1-3-6-4-5/h1-2,5-7H,3-4H2/t5-/m0/s1. The molecule has 1 rings (SSSR count). The summed E-state index contributed by atoms with van der Waals surface area (Å²) in [5, 5.41) is 11.8. The van der Waals surface area contributed by atoms with Crippen LogP contribution in [0.5, 0.6) is 0 Å². The third-order valence-electron chi connectivity index (χ3n) is 0.974. The zero-order chi connectivity index (χ0) is 5.11. The van der Waals surface area contributed by atoms with E-state index in [4.69, 9.17) is 5.11 Å². The molecule has 2 N–H and O–H groups in total. The van der Waals surface area contributed by atoms with Crippen molar-refractivity contribution in [3.63, 3.8) is 0 Å². The Morgan fingerprint density at radius 2 is 2.57 bits per heavy atom. The van der Waals surface area contributed by atoms with Crippen molar-refractivity contribution in [2.45, 2.75) is 6.10 Å².